The molecular formula is C14H23NO2S2. The summed E-state index contributed by atoms with van der Waals surface area (Å²) in [5.41, 5.74) is 0. The summed E-state index contributed by atoms with van der Waals surface area (Å²) in [5.74, 6) is 0.849. The summed E-state index contributed by atoms with van der Waals surface area (Å²) in [5, 5.41) is 1.98. The van der Waals surface area contributed by atoms with Gasteiger partial charge < -0.3 is 0 Å². The van der Waals surface area contributed by atoms with Gasteiger partial charge in [0.05, 0.1) is 5.25 Å². The van der Waals surface area contributed by atoms with Crippen LogP contribution in [0.5, 0.6) is 0 Å². The molecule has 1 heterocycles. The Labute approximate surface area is 125 Å². The average Bonchev–Trinajstić information content (AvgIpc) is 2.70. The van der Waals surface area contributed by atoms with Gasteiger partial charge in [-0.1, -0.05) is 43.2 Å². The van der Waals surface area contributed by atoms with E-state index >= 15 is 0 Å². The van der Waals surface area contributed by atoms with E-state index in [1.54, 1.807) is 0 Å². The summed E-state index contributed by atoms with van der Waals surface area (Å²) in [6.45, 7) is 0. The van der Waals surface area contributed by atoms with Crippen LogP contribution in [-0.2, 0) is 4.79 Å². The van der Waals surface area contributed by atoms with Gasteiger partial charge in [0, 0.05) is 0 Å². The number of thioether (sulfide) groups is 1. The van der Waals surface area contributed by atoms with Gasteiger partial charge in [0.15, 0.2) is 0 Å². The predicted molar refractivity (Wildman–Crippen MR) is 84.8 cm³/mol. The second kappa shape index (κ2) is 10.4. The Bertz CT molecular complexity index is 319. The maximum absolute atomic E-state index is 11.3. The van der Waals surface area contributed by atoms with Gasteiger partial charge in [-0.05, 0) is 37.9 Å². The first-order valence-electron chi connectivity index (χ1n) is 7.01. The Hall–Kier alpha value is -0.420. The number of amides is 2. The number of hydrogen-bond acceptors (Lipinski definition) is 4. The number of rotatable bonds is 10. The topological polar surface area (TPSA) is 46.2 Å². The van der Waals surface area contributed by atoms with Crippen LogP contribution in [0.15, 0.2) is 12.2 Å². The van der Waals surface area contributed by atoms with Crippen molar-refractivity contribution in [2.45, 2.75) is 56.6 Å². The number of carbonyl (C=O) groups is 2. The molecule has 1 N–H and O–H groups in total. The lowest BCUT2D eigenvalue weighted by Gasteiger charge is -2.04. The largest absolute Gasteiger partial charge is 0.286 e. The van der Waals surface area contributed by atoms with E-state index in [-0.39, 0.29) is 16.4 Å². The number of imide groups is 1. The first kappa shape index (κ1) is 16.6. The number of allylic oxidation sites excluding steroid dienone is 2. The van der Waals surface area contributed by atoms with Crippen LogP contribution in [0.4, 0.5) is 4.79 Å². The molecule has 0 aromatic heterocycles. The Balaban J connectivity index is 1.90. The van der Waals surface area contributed by atoms with Gasteiger partial charge in [-0.25, -0.2) is 0 Å². The van der Waals surface area contributed by atoms with E-state index in [1.807, 2.05) is 0 Å². The third kappa shape index (κ3) is 7.67. The second-order valence-electron chi connectivity index (χ2n) is 4.71. The van der Waals surface area contributed by atoms with Crippen molar-refractivity contribution in [1.29, 1.82) is 0 Å². The molecule has 0 aromatic rings. The number of hydrogen-bond donors (Lipinski definition) is 2. The van der Waals surface area contributed by atoms with Gasteiger partial charge in [0.25, 0.3) is 5.24 Å². The minimum absolute atomic E-state index is 0.109. The molecule has 0 saturated carbocycles. The minimum Gasteiger partial charge on any atom is -0.286 e. The zero-order chi connectivity index (χ0) is 13.9. The van der Waals surface area contributed by atoms with Crippen molar-refractivity contribution in [2.75, 3.05) is 5.75 Å². The fourth-order valence-corrected chi connectivity index (χ4v) is 3.02. The fourth-order valence-electron chi connectivity index (χ4n) is 1.97. The molecule has 0 bridgehead atoms. The molecule has 0 aliphatic carbocycles. The number of thiol groups is 1. The lowest BCUT2D eigenvalue weighted by molar-refractivity contribution is -0.119. The Morgan fingerprint density at radius 1 is 1.05 bits per heavy atom. The van der Waals surface area contributed by atoms with E-state index in [0.717, 1.165) is 56.0 Å². The quantitative estimate of drug-likeness (QED) is 0.365. The zero-order valence-electron chi connectivity index (χ0n) is 11.3. The van der Waals surface area contributed by atoms with Crippen molar-refractivity contribution >= 4 is 35.5 Å². The molecule has 2 amide bonds. The van der Waals surface area contributed by atoms with Crippen molar-refractivity contribution in [3.05, 3.63) is 12.2 Å². The maximum Gasteiger partial charge on any atom is 0.286 e. The Kier molecular flexibility index (Phi) is 9.08. The van der Waals surface area contributed by atoms with Crippen LogP contribution in [0.25, 0.3) is 0 Å². The third-order valence-electron chi connectivity index (χ3n) is 3.05. The summed E-state index contributed by atoms with van der Waals surface area (Å²) in [7, 11) is 0. The van der Waals surface area contributed by atoms with Crippen LogP contribution in [0.3, 0.4) is 0 Å². The van der Waals surface area contributed by atoms with Crippen LogP contribution < -0.4 is 5.32 Å². The van der Waals surface area contributed by atoms with Gasteiger partial charge in [-0.15, -0.1) is 0 Å². The SMILES string of the molecule is O=C1NC(=O)C(CCCCCCC=CCCCS)S1. The van der Waals surface area contributed by atoms with Crippen molar-refractivity contribution < 1.29 is 9.59 Å². The Morgan fingerprint density at radius 3 is 2.37 bits per heavy atom. The first-order chi connectivity index (χ1) is 9.24. The third-order valence-corrected chi connectivity index (χ3v) is 4.42. The molecule has 0 spiro atoms. The highest BCUT2D eigenvalue weighted by molar-refractivity contribution is 8.15. The number of carbonyl (C=O) groups excluding carboxylic acids is 2. The van der Waals surface area contributed by atoms with Crippen molar-refractivity contribution in [3.8, 4) is 0 Å². The lowest BCUT2D eigenvalue weighted by atomic mass is 10.1. The van der Waals surface area contributed by atoms with Crippen LogP contribution >= 0.6 is 24.4 Å². The molecule has 1 fully saturated rings. The van der Waals surface area contributed by atoms with Gasteiger partial charge in [0.2, 0.25) is 5.91 Å². The van der Waals surface area contributed by atoms with Gasteiger partial charge >= 0.3 is 0 Å². The molecule has 1 unspecified atom stereocenters. The van der Waals surface area contributed by atoms with Crippen molar-refractivity contribution in [2.24, 2.45) is 0 Å². The highest BCUT2D eigenvalue weighted by atomic mass is 32.2. The van der Waals surface area contributed by atoms with E-state index in [4.69, 9.17) is 0 Å². The molecule has 5 heteroatoms. The smallest absolute Gasteiger partial charge is 0.286 e. The standard InChI is InChI=1S/C14H23NO2S2/c16-13-12(19-14(17)15-13)10-8-6-4-2-1-3-5-7-9-11-18/h3,5,12,18H,1-2,4,6-11H2,(H,15,16,17). The zero-order valence-corrected chi connectivity index (χ0v) is 13.0. The van der Waals surface area contributed by atoms with E-state index in [2.05, 4.69) is 30.1 Å². The lowest BCUT2D eigenvalue weighted by Crippen LogP contribution is -2.23. The van der Waals surface area contributed by atoms with E-state index < -0.39 is 0 Å². The van der Waals surface area contributed by atoms with Gasteiger partial charge in [-0.3, -0.25) is 14.9 Å². The molecule has 1 rings (SSSR count). The summed E-state index contributed by atoms with van der Waals surface area (Å²) in [6.07, 6.45) is 13.3. The highest BCUT2D eigenvalue weighted by Gasteiger charge is 2.30. The summed E-state index contributed by atoms with van der Waals surface area (Å²) in [6, 6.07) is 0. The van der Waals surface area contributed by atoms with E-state index in [9.17, 15) is 9.59 Å². The number of unbranched alkanes of at least 4 members (excludes halogenated alkanes) is 5. The fraction of sp³-hybridized carbons (Fsp3) is 0.714. The molecule has 0 radical (unpaired) electrons. The van der Waals surface area contributed by atoms with Crippen LogP contribution in [0.2, 0.25) is 0 Å². The Morgan fingerprint density at radius 2 is 1.74 bits per heavy atom. The normalized spacial score (nSPS) is 19.3. The molecule has 1 aliphatic heterocycles. The summed E-state index contributed by atoms with van der Waals surface area (Å²) < 4.78 is 0. The van der Waals surface area contributed by atoms with E-state index in [1.165, 1.54) is 12.8 Å². The monoisotopic (exact) mass is 301 g/mol. The van der Waals surface area contributed by atoms with Crippen molar-refractivity contribution in [1.82, 2.24) is 5.32 Å². The van der Waals surface area contributed by atoms with Crippen LogP contribution in [0, 0.1) is 0 Å². The van der Waals surface area contributed by atoms with Gasteiger partial charge in [-0.2, -0.15) is 12.6 Å². The molecule has 3 nitrogen and oxygen atoms in total. The molecule has 1 aliphatic rings. The molecule has 0 aromatic carbocycles. The number of nitrogens with one attached hydrogen (secondary N) is 1. The molecule has 108 valence electrons. The van der Waals surface area contributed by atoms with Crippen LogP contribution in [-0.4, -0.2) is 22.1 Å². The van der Waals surface area contributed by atoms with Crippen LogP contribution in [0.1, 0.15) is 51.4 Å². The average molecular weight is 301 g/mol. The predicted octanol–water partition coefficient (Wildman–Crippen LogP) is 3.94. The molecule has 19 heavy (non-hydrogen) atoms. The minimum atomic E-state index is -0.193. The van der Waals surface area contributed by atoms with Gasteiger partial charge in [0.1, 0.15) is 0 Å². The first-order valence-corrected chi connectivity index (χ1v) is 8.52. The highest BCUT2D eigenvalue weighted by Crippen LogP contribution is 2.24. The van der Waals surface area contributed by atoms with E-state index in [0.29, 0.717) is 0 Å². The molecular weight excluding hydrogens is 278 g/mol. The maximum atomic E-state index is 11.3. The summed E-state index contributed by atoms with van der Waals surface area (Å²) >= 11 is 5.30. The molecule has 1 atom stereocenters. The van der Waals surface area contributed by atoms with Crippen molar-refractivity contribution in [3.63, 3.8) is 0 Å². The molecule has 1 saturated heterocycles. The summed E-state index contributed by atoms with van der Waals surface area (Å²) in [4.78, 5) is 22.3. The second-order valence-corrected chi connectivity index (χ2v) is 6.33.